The van der Waals surface area contributed by atoms with Gasteiger partial charge in [0.05, 0.1) is 19.5 Å². The van der Waals surface area contributed by atoms with Gasteiger partial charge < -0.3 is 20.4 Å². The van der Waals surface area contributed by atoms with Crippen molar-refractivity contribution in [1.29, 1.82) is 0 Å². The molecule has 0 amide bonds. The molecule has 1 aliphatic rings. The fourth-order valence-corrected chi connectivity index (χ4v) is 1.65. The summed E-state index contributed by atoms with van der Waals surface area (Å²) in [5.41, 5.74) is 5.86. The van der Waals surface area contributed by atoms with Crippen molar-refractivity contribution in [3.05, 3.63) is 12.5 Å². The monoisotopic (exact) mass is 210 g/mol. The molecule has 1 aliphatic heterocycles. The summed E-state index contributed by atoms with van der Waals surface area (Å²) in [6.07, 6.45) is 3.60. The molecule has 84 valence electrons. The summed E-state index contributed by atoms with van der Waals surface area (Å²) in [5.74, 6) is 0.578. The van der Waals surface area contributed by atoms with Gasteiger partial charge in [-0.25, -0.2) is 4.98 Å². The first-order valence-corrected chi connectivity index (χ1v) is 5.24. The largest absolute Gasteiger partial charge is 0.382 e. The van der Waals surface area contributed by atoms with E-state index in [2.05, 4.69) is 17.2 Å². The number of aromatic nitrogens is 2. The molecule has 0 bridgehead atoms. The zero-order chi connectivity index (χ0) is 10.7. The number of hydrogen-bond acceptors (Lipinski definition) is 4. The third-order valence-electron chi connectivity index (χ3n) is 2.65. The van der Waals surface area contributed by atoms with E-state index in [0.717, 1.165) is 32.8 Å². The van der Waals surface area contributed by atoms with Crippen LogP contribution in [0, 0.1) is 5.41 Å². The molecule has 0 aromatic carbocycles. The predicted molar refractivity (Wildman–Crippen MR) is 58.4 cm³/mol. The van der Waals surface area contributed by atoms with Gasteiger partial charge in [-0.1, -0.05) is 6.92 Å². The number of nitrogens with one attached hydrogen (secondary N) is 1. The molecule has 0 unspecified atom stereocenters. The van der Waals surface area contributed by atoms with E-state index in [0.29, 0.717) is 11.2 Å². The summed E-state index contributed by atoms with van der Waals surface area (Å²) in [7, 11) is 0. The Morgan fingerprint density at radius 2 is 2.47 bits per heavy atom. The molecule has 0 spiro atoms. The lowest BCUT2D eigenvalue weighted by Crippen LogP contribution is -2.47. The van der Waals surface area contributed by atoms with E-state index < -0.39 is 0 Å². The molecule has 0 radical (unpaired) electrons. The number of hydrogen-bond donors (Lipinski definition) is 2. The maximum Gasteiger partial charge on any atom is 0.141 e. The molecule has 15 heavy (non-hydrogen) atoms. The lowest BCUT2D eigenvalue weighted by molar-refractivity contribution is -0.0989. The van der Waals surface area contributed by atoms with E-state index in [1.54, 1.807) is 6.33 Å². The van der Waals surface area contributed by atoms with Crippen LogP contribution in [0.1, 0.15) is 6.92 Å². The lowest BCUT2D eigenvalue weighted by Gasteiger charge is -2.38. The number of imidazole rings is 1. The highest BCUT2D eigenvalue weighted by molar-refractivity contribution is 5.22. The standard InChI is InChI=1S/C10H18N4O/c1-10(6-15-7-10)5-12-2-3-14-4-9(11)13-8-14/h4,8,12H,2-3,5-7,11H2,1H3. The van der Waals surface area contributed by atoms with Gasteiger partial charge in [-0.15, -0.1) is 0 Å². The van der Waals surface area contributed by atoms with Crippen LogP contribution in [0.5, 0.6) is 0 Å². The third kappa shape index (κ3) is 2.70. The fraction of sp³-hybridized carbons (Fsp3) is 0.700. The normalized spacial score (nSPS) is 18.7. The molecule has 2 rings (SSSR count). The minimum Gasteiger partial charge on any atom is -0.382 e. The first-order valence-electron chi connectivity index (χ1n) is 5.24. The van der Waals surface area contributed by atoms with Crippen molar-refractivity contribution in [2.24, 2.45) is 5.41 Å². The van der Waals surface area contributed by atoms with Crippen LogP contribution >= 0.6 is 0 Å². The number of nitrogens with two attached hydrogens (primary N) is 1. The second kappa shape index (κ2) is 4.20. The second-order valence-electron chi connectivity index (χ2n) is 4.52. The minimum absolute atomic E-state index is 0.341. The first-order chi connectivity index (χ1) is 7.18. The summed E-state index contributed by atoms with van der Waals surface area (Å²) in [6.45, 7) is 6.83. The molecule has 1 aromatic rings. The zero-order valence-electron chi connectivity index (χ0n) is 9.07. The number of ether oxygens (including phenoxy) is 1. The summed E-state index contributed by atoms with van der Waals surface area (Å²) in [6, 6.07) is 0. The summed E-state index contributed by atoms with van der Waals surface area (Å²) in [5, 5.41) is 3.42. The van der Waals surface area contributed by atoms with Gasteiger partial charge in [0.25, 0.3) is 0 Å². The van der Waals surface area contributed by atoms with Crippen molar-refractivity contribution in [3.63, 3.8) is 0 Å². The topological polar surface area (TPSA) is 65.1 Å². The van der Waals surface area contributed by atoms with Crippen LogP contribution < -0.4 is 11.1 Å². The van der Waals surface area contributed by atoms with Gasteiger partial charge in [-0.05, 0) is 0 Å². The van der Waals surface area contributed by atoms with Gasteiger partial charge in [0, 0.05) is 31.2 Å². The van der Waals surface area contributed by atoms with Crippen LogP contribution in [0.25, 0.3) is 0 Å². The van der Waals surface area contributed by atoms with Crippen LogP contribution in [0.15, 0.2) is 12.5 Å². The van der Waals surface area contributed by atoms with E-state index in [4.69, 9.17) is 10.5 Å². The van der Waals surface area contributed by atoms with Gasteiger partial charge in [0.1, 0.15) is 5.82 Å². The summed E-state index contributed by atoms with van der Waals surface area (Å²) < 4.78 is 7.17. The minimum atomic E-state index is 0.341. The van der Waals surface area contributed by atoms with Gasteiger partial charge in [-0.2, -0.15) is 0 Å². The van der Waals surface area contributed by atoms with Crippen molar-refractivity contribution < 1.29 is 4.74 Å². The molecule has 5 heteroatoms. The van der Waals surface area contributed by atoms with Gasteiger partial charge >= 0.3 is 0 Å². The molecular formula is C10H18N4O. The third-order valence-corrected chi connectivity index (χ3v) is 2.65. The Hall–Kier alpha value is -1.07. The molecule has 0 aliphatic carbocycles. The quantitative estimate of drug-likeness (QED) is 0.676. The van der Waals surface area contributed by atoms with Crippen molar-refractivity contribution in [3.8, 4) is 0 Å². The number of nitrogen functional groups attached to an aromatic ring is 1. The van der Waals surface area contributed by atoms with Crippen molar-refractivity contribution >= 4 is 5.82 Å². The second-order valence-corrected chi connectivity index (χ2v) is 4.52. The highest BCUT2D eigenvalue weighted by Crippen LogP contribution is 2.24. The van der Waals surface area contributed by atoms with Crippen LogP contribution in [-0.4, -0.2) is 35.9 Å². The molecule has 1 saturated heterocycles. The number of anilines is 1. The van der Waals surface area contributed by atoms with Gasteiger partial charge in [0.15, 0.2) is 0 Å². The molecule has 1 aromatic heterocycles. The Morgan fingerprint density at radius 3 is 3.00 bits per heavy atom. The van der Waals surface area contributed by atoms with Crippen molar-refractivity contribution in [2.45, 2.75) is 13.5 Å². The van der Waals surface area contributed by atoms with E-state index in [1.807, 2.05) is 10.8 Å². The summed E-state index contributed by atoms with van der Waals surface area (Å²) in [4.78, 5) is 3.96. The van der Waals surface area contributed by atoms with Crippen molar-refractivity contribution in [2.75, 3.05) is 32.0 Å². The molecular weight excluding hydrogens is 192 g/mol. The van der Waals surface area contributed by atoms with Crippen molar-refractivity contribution in [1.82, 2.24) is 14.9 Å². The van der Waals surface area contributed by atoms with Crippen LogP contribution in [0.2, 0.25) is 0 Å². The SMILES string of the molecule is CC1(CNCCn2cnc(N)c2)COC1. The maximum atomic E-state index is 5.51. The smallest absolute Gasteiger partial charge is 0.141 e. The zero-order valence-corrected chi connectivity index (χ0v) is 9.07. The molecule has 5 nitrogen and oxygen atoms in total. The van der Waals surface area contributed by atoms with Crippen LogP contribution in [0.4, 0.5) is 5.82 Å². The van der Waals surface area contributed by atoms with E-state index in [1.165, 1.54) is 0 Å². The molecule has 0 atom stereocenters. The molecule has 3 N–H and O–H groups in total. The van der Waals surface area contributed by atoms with E-state index in [9.17, 15) is 0 Å². The lowest BCUT2D eigenvalue weighted by atomic mass is 9.89. The molecule has 1 fully saturated rings. The first kappa shape index (κ1) is 10.4. The molecule has 2 heterocycles. The highest BCUT2D eigenvalue weighted by atomic mass is 16.5. The Bertz CT molecular complexity index is 319. The Balaban J connectivity index is 1.63. The van der Waals surface area contributed by atoms with Crippen LogP contribution in [0.3, 0.4) is 0 Å². The molecule has 0 saturated carbocycles. The predicted octanol–water partition coefficient (Wildman–Crippen LogP) is 0.0914. The fourth-order valence-electron chi connectivity index (χ4n) is 1.65. The maximum absolute atomic E-state index is 5.51. The Kier molecular flexibility index (Phi) is 2.93. The average Bonchev–Trinajstić information content (AvgIpc) is 2.56. The van der Waals surface area contributed by atoms with Crippen LogP contribution in [-0.2, 0) is 11.3 Å². The van der Waals surface area contributed by atoms with Gasteiger partial charge in [-0.3, -0.25) is 0 Å². The highest BCUT2D eigenvalue weighted by Gasteiger charge is 2.32. The Morgan fingerprint density at radius 1 is 1.67 bits per heavy atom. The van der Waals surface area contributed by atoms with E-state index >= 15 is 0 Å². The Labute approximate surface area is 89.6 Å². The number of nitrogens with zero attached hydrogens (tertiary/aromatic N) is 2. The average molecular weight is 210 g/mol. The number of rotatable bonds is 5. The van der Waals surface area contributed by atoms with Gasteiger partial charge in [0.2, 0.25) is 0 Å². The van der Waals surface area contributed by atoms with E-state index in [-0.39, 0.29) is 0 Å². The summed E-state index contributed by atoms with van der Waals surface area (Å²) >= 11 is 0.